The first-order valence-electron chi connectivity index (χ1n) is 12.5. The molecule has 1 aromatic heterocycles. The second-order valence-electron chi connectivity index (χ2n) is 9.32. The molecular formula is C27H27N3O9. The Morgan fingerprint density at radius 2 is 1.69 bits per heavy atom. The zero-order chi connectivity index (χ0) is 27.3. The van der Waals surface area contributed by atoms with E-state index in [0.717, 1.165) is 16.7 Å². The van der Waals surface area contributed by atoms with E-state index in [2.05, 4.69) is 10.3 Å². The Bertz CT molecular complexity index is 1430. The van der Waals surface area contributed by atoms with E-state index < -0.39 is 23.8 Å². The standard InChI is InChI=1S/C27H27N3O9/c1-5-36-26(31)17-10-28-29-30(17)24-15-9-19-18(38-12-39-19)8-14(15)22(23-16(24)11-37-27(23)32)13-6-20(33-2)25(35-4)21(7-13)34-3/h6-10,16,22-24H,5,11-12H2,1-4H3/t16-,22+,23-,24+/m0/s1. The van der Waals surface area contributed by atoms with E-state index in [1.807, 2.05) is 24.3 Å². The average molecular weight is 538 g/mol. The van der Waals surface area contributed by atoms with Crippen LogP contribution in [0.4, 0.5) is 0 Å². The highest BCUT2D eigenvalue weighted by molar-refractivity contribution is 5.87. The van der Waals surface area contributed by atoms with Gasteiger partial charge in [0.15, 0.2) is 28.7 Å². The van der Waals surface area contributed by atoms with Crippen molar-refractivity contribution in [2.45, 2.75) is 18.9 Å². The topological polar surface area (TPSA) is 129 Å². The quantitative estimate of drug-likeness (QED) is 0.413. The van der Waals surface area contributed by atoms with Gasteiger partial charge in [-0.3, -0.25) is 4.79 Å². The molecule has 39 heavy (non-hydrogen) atoms. The molecule has 3 aromatic rings. The van der Waals surface area contributed by atoms with Crippen LogP contribution in [0.2, 0.25) is 0 Å². The lowest BCUT2D eigenvalue weighted by atomic mass is 9.65. The predicted octanol–water partition coefficient (Wildman–Crippen LogP) is 2.73. The van der Waals surface area contributed by atoms with Gasteiger partial charge in [-0.05, 0) is 47.9 Å². The number of cyclic esters (lactones) is 1. The van der Waals surface area contributed by atoms with Crippen molar-refractivity contribution < 1.29 is 42.7 Å². The number of carbonyl (C=O) groups is 2. The molecule has 0 bridgehead atoms. The summed E-state index contributed by atoms with van der Waals surface area (Å²) in [4.78, 5) is 26.2. The Morgan fingerprint density at radius 1 is 1.00 bits per heavy atom. The highest BCUT2D eigenvalue weighted by Crippen LogP contribution is 2.56. The van der Waals surface area contributed by atoms with E-state index in [1.165, 1.54) is 32.2 Å². The third kappa shape index (κ3) is 3.81. The van der Waals surface area contributed by atoms with Crippen molar-refractivity contribution in [1.29, 1.82) is 0 Å². The smallest absolute Gasteiger partial charge is 0.358 e. The molecule has 3 aliphatic rings. The van der Waals surface area contributed by atoms with Gasteiger partial charge in [0, 0.05) is 11.8 Å². The summed E-state index contributed by atoms with van der Waals surface area (Å²) in [6.45, 7) is 2.13. The molecule has 4 atom stereocenters. The SMILES string of the molecule is CCOC(=O)c1cnnn1[C@@H]1c2cc3c(cc2[C@@H](c2cc(OC)c(OC)c(OC)c2)[C@H]2C(=O)OC[C@@H]21)OCO3. The summed E-state index contributed by atoms with van der Waals surface area (Å²) in [5.74, 6) is 0.0880. The molecule has 2 aromatic carbocycles. The fourth-order valence-electron chi connectivity index (χ4n) is 5.93. The molecule has 0 amide bonds. The minimum atomic E-state index is -0.620. The first-order chi connectivity index (χ1) is 19.0. The maximum atomic E-state index is 13.4. The Morgan fingerprint density at radius 3 is 2.33 bits per heavy atom. The molecule has 6 rings (SSSR count). The number of nitrogens with zero attached hydrogens (tertiary/aromatic N) is 3. The molecule has 1 aliphatic carbocycles. The molecule has 12 nitrogen and oxygen atoms in total. The van der Waals surface area contributed by atoms with Gasteiger partial charge in [0.25, 0.3) is 0 Å². The highest BCUT2D eigenvalue weighted by Gasteiger charge is 2.54. The Labute approximate surface area is 223 Å². The molecule has 0 spiro atoms. The van der Waals surface area contributed by atoms with E-state index in [9.17, 15) is 9.59 Å². The fraction of sp³-hybridized carbons (Fsp3) is 0.407. The van der Waals surface area contributed by atoms with E-state index in [1.54, 1.807) is 6.92 Å². The second kappa shape index (κ2) is 9.68. The van der Waals surface area contributed by atoms with Crippen LogP contribution in [-0.4, -0.2) is 68.3 Å². The second-order valence-corrected chi connectivity index (χ2v) is 9.32. The number of benzene rings is 2. The van der Waals surface area contributed by atoms with E-state index in [4.69, 9.17) is 33.2 Å². The number of hydrogen-bond donors (Lipinski definition) is 0. The number of rotatable bonds is 7. The molecule has 0 N–H and O–H groups in total. The third-order valence-corrected chi connectivity index (χ3v) is 7.52. The van der Waals surface area contributed by atoms with Crippen LogP contribution in [0.25, 0.3) is 0 Å². The molecule has 204 valence electrons. The molecule has 0 saturated carbocycles. The van der Waals surface area contributed by atoms with Crippen molar-refractivity contribution in [3.05, 3.63) is 52.8 Å². The van der Waals surface area contributed by atoms with Gasteiger partial charge in [0.1, 0.15) is 0 Å². The number of esters is 2. The number of methoxy groups -OCH3 is 3. The third-order valence-electron chi connectivity index (χ3n) is 7.52. The summed E-state index contributed by atoms with van der Waals surface area (Å²) >= 11 is 0. The molecule has 2 aliphatic heterocycles. The lowest BCUT2D eigenvalue weighted by Gasteiger charge is -2.39. The lowest BCUT2D eigenvalue weighted by molar-refractivity contribution is -0.141. The normalized spacial score (nSPS) is 22.5. The molecule has 1 saturated heterocycles. The van der Waals surface area contributed by atoms with E-state index >= 15 is 0 Å². The van der Waals surface area contributed by atoms with Gasteiger partial charge in [0.05, 0.1) is 52.7 Å². The van der Waals surface area contributed by atoms with Gasteiger partial charge in [-0.15, -0.1) is 5.10 Å². The van der Waals surface area contributed by atoms with Crippen molar-refractivity contribution in [3.8, 4) is 28.7 Å². The number of fused-ring (bicyclic) bond motifs is 3. The molecular weight excluding hydrogens is 510 g/mol. The number of ether oxygens (including phenoxy) is 7. The van der Waals surface area contributed by atoms with Crippen LogP contribution in [0.5, 0.6) is 28.7 Å². The monoisotopic (exact) mass is 537 g/mol. The van der Waals surface area contributed by atoms with Gasteiger partial charge < -0.3 is 33.2 Å². The predicted molar refractivity (Wildman–Crippen MR) is 133 cm³/mol. The summed E-state index contributed by atoms with van der Waals surface area (Å²) < 4.78 is 40.6. The zero-order valence-electron chi connectivity index (χ0n) is 21.8. The summed E-state index contributed by atoms with van der Waals surface area (Å²) in [5, 5.41) is 8.27. The van der Waals surface area contributed by atoms with Gasteiger partial charge >= 0.3 is 11.9 Å². The van der Waals surface area contributed by atoms with E-state index in [-0.39, 0.29) is 37.6 Å². The fourth-order valence-corrected chi connectivity index (χ4v) is 5.93. The van der Waals surface area contributed by atoms with Crippen molar-refractivity contribution >= 4 is 11.9 Å². The number of hydrogen-bond acceptors (Lipinski definition) is 11. The van der Waals surface area contributed by atoms with Crippen LogP contribution in [0, 0.1) is 11.8 Å². The lowest BCUT2D eigenvalue weighted by Crippen LogP contribution is -2.39. The molecule has 0 unspecified atom stereocenters. The van der Waals surface area contributed by atoms with Crippen LogP contribution in [0.3, 0.4) is 0 Å². The van der Waals surface area contributed by atoms with Crippen LogP contribution in [0.15, 0.2) is 30.5 Å². The molecule has 0 radical (unpaired) electrons. The van der Waals surface area contributed by atoms with Crippen molar-refractivity contribution in [1.82, 2.24) is 15.0 Å². The average Bonchev–Trinajstić information content (AvgIpc) is 3.70. The Kier molecular flexibility index (Phi) is 6.16. The highest BCUT2D eigenvalue weighted by atomic mass is 16.7. The van der Waals surface area contributed by atoms with E-state index in [0.29, 0.717) is 28.7 Å². The van der Waals surface area contributed by atoms with Gasteiger partial charge in [-0.1, -0.05) is 5.21 Å². The largest absolute Gasteiger partial charge is 0.493 e. The maximum Gasteiger partial charge on any atom is 0.358 e. The first-order valence-corrected chi connectivity index (χ1v) is 12.5. The number of carbonyl (C=O) groups excluding carboxylic acids is 2. The molecule has 1 fully saturated rings. The van der Waals surface area contributed by atoms with Gasteiger partial charge in [-0.2, -0.15) is 0 Å². The van der Waals surface area contributed by atoms with Crippen molar-refractivity contribution in [3.63, 3.8) is 0 Å². The molecule has 3 heterocycles. The van der Waals surface area contributed by atoms with Gasteiger partial charge in [0.2, 0.25) is 12.5 Å². The minimum Gasteiger partial charge on any atom is -0.493 e. The Balaban J connectivity index is 1.60. The minimum absolute atomic E-state index is 0.0735. The number of aromatic nitrogens is 3. The maximum absolute atomic E-state index is 13.4. The van der Waals surface area contributed by atoms with Crippen LogP contribution >= 0.6 is 0 Å². The van der Waals surface area contributed by atoms with Crippen molar-refractivity contribution in [2.24, 2.45) is 11.8 Å². The Hall–Kier alpha value is -4.48. The van der Waals surface area contributed by atoms with Crippen molar-refractivity contribution in [2.75, 3.05) is 41.3 Å². The van der Waals surface area contributed by atoms with Gasteiger partial charge in [-0.25, -0.2) is 9.48 Å². The first kappa shape index (κ1) is 24.8. The summed E-state index contributed by atoms with van der Waals surface area (Å²) in [7, 11) is 4.61. The van der Waals surface area contributed by atoms with Crippen LogP contribution < -0.4 is 23.7 Å². The van der Waals surface area contributed by atoms with Crippen LogP contribution in [0.1, 0.15) is 46.1 Å². The van der Waals surface area contributed by atoms with Crippen LogP contribution in [-0.2, 0) is 14.3 Å². The summed E-state index contributed by atoms with van der Waals surface area (Å²) in [6.07, 6.45) is 1.36. The zero-order valence-corrected chi connectivity index (χ0v) is 21.8. The summed E-state index contributed by atoms with van der Waals surface area (Å²) in [5.41, 5.74) is 2.54. The summed E-state index contributed by atoms with van der Waals surface area (Å²) in [6, 6.07) is 6.86. The molecule has 12 heteroatoms.